The summed E-state index contributed by atoms with van der Waals surface area (Å²) >= 11 is 0. The fraction of sp³-hybridized carbons (Fsp3) is 0.545. The van der Waals surface area contributed by atoms with Gasteiger partial charge in [-0.25, -0.2) is 9.97 Å². The van der Waals surface area contributed by atoms with Crippen LogP contribution in [0.1, 0.15) is 37.3 Å². The van der Waals surface area contributed by atoms with Gasteiger partial charge in [0.2, 0.25) is 5.91 Å². The number of hydrogen-bond acceptors (Lipinski definition) is 4. The molecule has 1 aliphatic carbocycles. The Labute approximate surface area is 94.5 Å². The summed E-state index contributed by atoms with van der Waals surface area (Å²) in [6.45, 7) is 0.112. The van der Waals surface area contributed by atoms with Crippen LogP contribution in [0.3, 0.4) is 0 Å². The monoisotopic (exact) mass is 220 g/mol. The van der Waals surface area contributed by atoms with Crippen LogP contribution in [0.25, 0.3) is 0 Å². The Morgan fingerprint density at radius 1 is 1.44 bits per heavy atom. The van der Waals surface area contributed by atoms with Gasteiger partial charge in [-0.05, 0) is 12.8 Å². The van der Waals surface area contributed by atoms with Gasteiger partial charge < -0.3 is 11.1 Å². The van der Waals surface area contributed by atoms with Crippen LogP contribution in [0.2, 0.25) is 0 Å². The normalized spacial score (nSPS) is 16.2. The summed E-state index contributed by atoms with van der Waals surface area (Å²) < 4.78 is 0. The molecule has 0 aliphatic heterocycles. The summed E-state index contributed by atoms with van der Waals surface area (Å²) in [5, 5.41) is 2.88. The molecular weight excluding hydrogens is 204 g/mol. The van der Waals surface area contributed by atoms with Crippen molar-refractivity contribution < 1.29 is 4.79 Å². The predicted molar refractivity (Wildman–Crippen MR) is 60.9 cm³/mol. The molecule has 0 aromatic carbocycles. The molecular formula is C11H16N4O. The minimum Gasteiger partial charge on any atom is -0.368 e. The lowest BCUT2D eigenvalue weighted by molar-refractivity contribution is -0.116. The van der Waals surface area contributed by atoms with Gasteiger partial charge >= 0.3 is 0 Å². The smallest absolute Gasteiger partial charge is 0.236 e. The highest BCUT2D eigenvalue weighted by molar-refractivity contribution is 5.78. The second-order valence-electron chi connectivity index (χ2n) is 4.13. The van der Waals surface area contributed by atoms with Gasteiger partial charge in [-0.2, -0.15) is 0 Å². The molecule has 5 heteroatoms. The van der Waals surface area contributed by atoms with Crippen molar-refractivity contribution >= 4 is 11.7 Å². The molecule has 1 fully saturated rings. The van der Waals surface area contributed by atoms with Crippen LogP contribution in [-0.4, -0.2) is 22.4 Å². The van der Waals surface area contributed by atoms with E-state index in [1.165, 1.54) is 32.0 Å². The first-order valence-electron chi connectivity index (χ1n) is 5.60. The number of aromatic nitrogens is 2. The molecule has 86 valence electrons. The van der Waals surface area contributed by atoms with Crippen molar-refractivity contribution in [2.24, 2.45) is 5.73 Å². The van der Waals surface area contributed by atoms with E-state index in [0.29, 0.717) is 11.7 Å². The van der Waals surface area contributed by atoms with Crippen molar-refractivity contribution in [2.45, 2.75) is 31.6 Å². The first-order valence-corrected chi connectivity index (χ1v) is 5.60. The molecule has 5 nitrogen and oxygen atoms in total. The second kappa shape index (κ2) is 4.92. The lowest BCUT2D eigenvalue weighted by atomic mass is 10.0. The van der Waals surface area contributed by atoms with Crippen molar-refractivity contribution in [3.8, 4) is 0 Å². The third kappa shape index (κ3) is 2.68. The largest absolute Gasteiger partial charge is 0.368 e. The molecule has 0 saturated heterocycles. The van der Waals surface area contributed by atoms with Crippen molar-refractivity contribution in [3.05, 3.63) is 18.1 Å². The van der Waals surface area contributed by atoms with Crippen molar-refractivity contribution in [1.29, 1.82) is 0 Å². The van der Waals surface area contributed by atoms with Gasteiger partial charge in [0.15, 0.2) is 0 Å². The first-order chi connectivity index (χ1) is 7.75. The summed E-state index contributed by atoms with van der Waals surface area (Å²) in [4.78, 5) is 19.0. The number of hydrogen-bond donors (Lipinski definition) is 2. The SMILES string of the molecule is NC(=O)CNc1cc(C2CCCC2)ncn1. The van der Waals surface area contributed by atoms with Gasteiger partial charge in [0.1, 0.15) is 12.1 Å². The molecule has 1 saturated carbocycles. The zero-order valence-corrected chi connectivity index (χ0v) is 9.15. The molecule has 16 heavy (non-hydrogen) atoms. The van der Waals surface area contributed by atoms with Crippen LogP contribution in [0, 0.1) is 0 Å². The van der Waals surface area contributed by atoms with E-state index in [9.17, 15) is 4.79 Å². The van der Waals surface area contributed by atoms with Gasteiger partial charge in [0.25, 0.3) is 0 Å². The van der Waals surface area contributed by atoms with Gasteiger partial charge in [-0.3, -0.25) is 4.79 Å². The molecule has 1 aliphatic rings. The number of nitrogens with zero attached hydrogens (tertiary/aromatic N) is 2. The van der Waals surface area contributed by atoms with E-state index in [0.717, 1.165) is 5.69 Å². The zero-order valence-electron chi connectivity index (χ0n) is 9.15. The Morgan fingerprint density at radius 3 is 2.88 bits per heavy atom. The first kappa shape index (κ1) is 10.9. The van der Waals surface area contributed by atoms with Crippen LogP contribution >= 0.6 is 0 Å². The summed E-state index contributed by atoms with van der Waals surface area (Å²) in [6, 6.07) is 1.92. The lowest BCUT2D eigenvalue weighted by Gasteiger charge is -2.09. The molecule has 2 rings (SSSR count). The van der Waals surface area contributed by atoms with E-state index in [4.69, 9.17) is 5.73 Å². The van der Waals surface area contributed by atoms with E-state index in [1.807, 2.05) is 6.07 Å². The summed E-state index contributed by atoms with van der Waals surface area (Å²) in [6.07, 6.45) is 6.49. The average molecular weight is 220 g/mol. The number of rotatable bonds is 4. The van der Waals surface area contributed by atoms with Crippen LogP contribution in [0.5, 0.6) is 0 Å². The summed E-state index contributed by atoms with van der Waals surface area (Å²) in [5.41, 5.74) is 6.12. The van der Waals surface area contributed by atoms with Crippen LogP contribution in [0.4, 0.5) is 5.82 Å². The highest BCUT2D eigenvalue weighted by Crippen LogP contribution is 2.33. The van der Waals surface area contributed by atoms with Gasteiger partial charge in [0, 0.05) is 17.7 Å². The molecule has 0 atom stereocenters. The maximum Gasteiger partial charge on any atom is 0.236 e. The van der Waals surface area contributed by atoms with E-state index >= 15 is 0 Å². The molecule has 3 N–H and O–H groups in total. The third-order valence-electron chi connectivity index (χ3n) is 2.91. The average Bonchev–Trinajstić information content (AvgIpc) is 2.80. The zero-order chi connectivity index (χ0) is 11.4. The van der Waals surface area contributed by atoms with Gasteiger partial charge in [-0.15, -0.1) is 0 Å². The Bertz CT molecular complexity index is 374. The van der Waals surface area contributed by atoms with Crippen molar-refractivity contribution in [1.82, 2.24) is 9.97 Å². The summed E-state index contributed by atoms with van der Waals surface area (Å²) in [7, 11) is 0. The van der Waals surface area contributed by atoms with Crippen LogP contribution in [-0.2, 0) is 4.79 Å². The predicted octanol–water partition coefficient (Wildman–Crippen LogP) is 1.03. The number of carbonyl (C=O) groups excluding carboxylic acids is 1. The number of nitrogens with one attached hydrogen (secondary N) is 1. The van der Waals surface area contributed by atoms with Crippen LogP contribution in [0.15, 0.2) is 12.4 Å². The Balaban J connectivity index is 2.03. The van der Waals surface area contributed by atoms with E-state index in [-0.39, 0.29) is 12.5 Å². The molecule has 1 amide bonds. The Morgan fingerprint density at radius 2 is 2.19 bits per heavy atom. The molecule has 0 unspecified atom stereocenters. The van der Waals surface area contributed by atoms with Gasteiger partial charge in [0.05, 0.1) is 6.54 Å². The standard InChI is InChI=1S/C11H16N4O/c12-10(16)6-13-11-5-9(14-7-15-11)8-3-1-2-4-8/h5,7-8H,1-4,6H2,(H2,12,16)(H,13,14,15). The quantitative estimate of drug-likeness (QED) is 0.794. The molecule has 1 aromatic heterocycles. The third-order valence-corrected chi connectivity index (χ3v) is 2.91. The molecule has 1 heterocycles. The number of carbonyl (C=O) groups is 1. The summed E-state index contributed by atoms with van der Waals surface area (Å²) in [5.74, 6) is 0.842. The minimum atomic E-state index is -0.388. The fourth-order valence-corrected chi connectivity index (χ4v) is 2.09. The van der Waals surface area contributed by atoms with Crippen molar-refractivity contribution in [3.63, 3.8) is 0 Å². The number of anilines is 1. The number of amides is 1. The van der Waals surface area contributed by atoms with Crippen LogP contribution < -0.4 is 11.1 Å². The molecule has 0 spiro atoms. The lowest BCUT2D eigenvalue weighted by Crippen LogP contribution is -2.22. The second-order valence-corrected chi connectivity index (χ2v) is 4.13. The Hall–Kier alpha value is -1.65. The molecule has 1 aromatic rings. The van der Waals surface area contributed by atoms with Crippen molar-refractivity contribution in [2.75, 3.05) is 11.9 Å². The highest BCUT2D eigenvalue weighted by atomic mass is 16.1. The Kier molecular flexibility index (Phi) is 3.34. The maximum absolute atomic E-state index is 10.6. The molecule has 0 radical (unpaired) electrons. The molecule has 0 bridgehead atoms. The minimum absolute atomic E-state index is 0.112. The topological polar surface area (TPSA) is 80.9 Å². The number of primary amides is 1. The van der Waals surface area contributed by atoms with E-state index in [2.05, 4.69) is 15.3 Å². The number of nitrogens with two attached hydrogens (primary N) is 1. The highest BCUT2D eigenvalue weighted by Gasteiger charge is 2.18. The fourth-order valence-electron chi connectivity index (χ4n) is 2.09. The maximum atomic E-state index is 10.6. The van der Waals surface area contributed by atoms with Gasteiger partial charge in [-0.1, -0.05) is 12.8 Å². The van der Waals surface area contributed by atoms with E-state index in [1.54, 1.807) is 0 Å². The van der Waals surface area contributed by atoms with E-state index < -0.39 is 0 Å².